The van der Waals surface area contributed by atoms with Crippen LogP contribution in [-0.4, -0.2) is 23.4 Å². The van der Waals surface area contributed by atoms with E-state index in [0.29, 0.717) is 17.9 Å². The Morgan fingerprint density at radius 1 is 1.10 bits per heavy atom. The van der Waals surface area contributed by atoms with Gasteiger partial charge in [0.15, 0.2) is 11.5 Å². The molecule has 3 aromatic rings. The summed E-state index contributed by atoms with van der Waals surface area (Å²) in [6.45, 7) is 0.406. The zero-order chi connectivity index (χ0) is 20.0. The predicted molar refractivity (Wildman–Crippen MR) is 98.6 cm³/mol. The number of benzene rings is 2. The second-order valence-corrected chi connectivity index (χ2v) is 7.19. The Hall–Kier alpha value is -3.00. The second-order valence-electron chi connectivity index (χ2n) is 7.19. The van der Waals surface area contributed by atoms with E-state index in [1.165, 1.54) is 18.2 Å². The lowest BCUT2D eigenvalue weighted by Crippen LogP contribution is -2.46. The molecular formula is C21H17F3N2O3. The monoisotopic (exact) mass is 402 g/mol. The lowest BCUT2D eigenvalue weighted by molar-refractivity contribution is -0.286. The third-order valence-corrected chi connectivity index (χ3v) is 5.21. The van der Waals surface area contributed by atoms with E-state index >= 15 is 0 Å². The van der Waals surface area contributed by atoms with Crippen LogP contribution in [0.5, 0.6) is 17.2 Å². The van der Waals surface area contributed by atoms with Crippen LogP contribution in [0.3, 0.4) is 0 Å². The maximum absolute atomic E-state index is 14.3. The van der Waals surface area contributed by atoms with Gasteiger partial charge in [0, 0.05) is 42.0 Å². The summed E-state index contributed by atoms with van der Waals surface area (Å²) in [5, 5.41) is 5.09. The molecule has 1 saturated carbocycles. The molecule has 2 aromatic carbocycles. The molecule has 5 nitrogen and oxygen atoms in total. The van der Waals surface area contributed by atoms with Gasteiger partial charge in [-0.15, -0.1) is 8.78 Å². The highest BCUT2D eigenvalue weighted by Crippen LogP contribution is 2.43. The predicted octanol–water partition coefficient (Wildman–Crippen LogP) is 4.40. The number of fused-ring (bicyclic) bond motifs is 2. The fourth-order valence-corrected chi connectivity index (χ4v) is 3.66. The molecular weight excluding hydrogens is 385 g/mol. The summed E-state index contributed by atoms with van der Waals surface area (Å²) in [5.74, 6) is 0.145. The Labute approximate surface area is 164 Å². The molecule has 29 heavy (non-hydrogen) atoms. The number of halogens is 3. The Morgan fingerprint density at radius 2 is 1.93 bits per heavy atom. The molecule has 0 unspecified atom stereocenters. The third-order valence-electron chi connectivity index (χ3n) is 5.21. The molecule has 0 amide bonds. The Balaban J connectivity index is 1.17. The Kier molecular flexibility index (Phi) is 4.24. The van der Waals surface area contributed by atoms with E-state index in [1.807, 2.05) is 6.07 Å². The van der Waals surface area contributed by atoms with Gasteiger partial charge in [0.25, 0.3) is 0 Å². The quantitative estimate of drug-likeness (QED) is 0.686. The number of hydrogen-bond donors (Lipinski definition) is 1. The van der Waals surface area contributed by atoms with Gasteiger partial charge in [0.2, 0.25) is 0 Å². The number of aromatic nitrogens is 1. The van der Waals surface area contributed by atoms with Crippen LogP contribution >= 0.6 is 0 Å². The molecule has 0 saturated heterocycles. The topological polar surface area (TPSA) is 52.6 Å². The van der Waals surface area contributed by atoms with Crippen molar-refractivity contribution in [2.24, 2.45) is 0 Å². The van der Waals surface area contributed by atoms with E-state index in [4.69, 9.17) is 4.74 Å². The number of nitrogens with one attached hydrogen (secondary N) is 1. The molecule has 8 heteroatoms. The molecule has 0 atom stereocenters. The molecule has 2 heterocycles. The van der Waals surface area contributed by atoms with Gasteiger partial charge >= 0.3 is 6.29 Å². The van der Waals surface area contributed by atoms with Crippen molar-refractivity contribution in [3.05, 3.63) is 60.2 Å². The maximum Gasteiger partial charge on any atom is 0.586 e. The number of ether oxygens (including phenoxy) is 3. The summed E-state index contributed by atoms with van der Waals surface area (Å²) in [4.78, 5) is 4.07. The van der Waals surface area contributed by atoms with Crippen molar-refractivity contribution in [2.45, 2.75) is 37.8 Å². The molecule has 150 valence electrons. The lowest BCUT2D eigenvalue weighted by atomic mass is 9.89. The smallest absolute Gasteiger partial charge is 0.490 e. The zero-order valence-electron chi connectivity index (χ0n) is 15.2. The molecule has 1 N–H and O–H groups in total. The SMILES string of the molecule is Fc1ccc2cnccc2c1CNC1CC(Oc2ccc3c(c2)OC(F)(F)O3)C1. The van der Waals surface area contributed by atoms with Gasteiger partial charge < -0.3 is 19.5 Å². The van der Waals surface area contributed by atoms with Gasteiger partial charge in [-0.05, 0) is 48.6 Å². The van der Waals surface area contributed by atoms with Crippen LogP contribution in [0.1, 0.15) is 18.4 Å². The average molecular weight is 402 g/mol. The van der Waals surface area contributed by atoms with Gasteiger partial charge in [0.05, 0.1) is 0 Å². The van der Waals surface area contributed by atoms with Crippen LogP contribution in [0, 0.1) is 5.82 Å². The Morgan fingerprint density at radius 3 is 2.79 bits per heavy atom. The van der Waals surface area contributed by atoms with E-state index in [1.54, 1.807) is 24.5 Å². The van der Waals surface area contributed by atoms with E-state index in [0.717, 1.165) is 23.6 Å². The van der Waals surface area contributed by atoms with Crippen LogP contribution in [0.2, 0.25) is 0 Å². The van der Waals surface area contributed by atoms with Crippen LogP contribution in [0.25, 0.3) is 10.8 Å². The number of rotatable bonds is 5. The first-order valence-corrected chi connectivity index (χ1v) is 9.28. The molecule has 1 aliphatic carbocycles. The lowest BCUT2D eigenvalue weighted by Gasteiger charge is -2.36. The van der Waals surface area contributed by atoms with E-state index in [-0.39, 0.29) is 29.5 Å². The van der Waals surface area contributed by atoms with Crippen LogP contribution in [-0.2, 0) is 6.54 Å². The third kappa shape index (κ3) is 3.55. The van der Waals surface area contributed by atoms with Gasteiger partial charge in [0.1, 0.15) is 17.7 Å². The molecule has 0 radical (unpaired) electrons. The minimum absolute atomic E-state index is 0.0113. The summed E-state index contributed by atoms with van der Waals surface area (Å²) in [5.41, 5.74) is 0.617. The summed E-state index contributed by atoms with van der Waals surface area (Å²) in [7, 11) is 0. The zero-order valence-corrected chi connectivity index (χ0v) is 15.2. The summed E-state index contributed by atoms with van der Waals surface area (Å²) < 4.78 is 55.1. The number of nitrogens with zero attached hydrogens (tertiary/aromatic N) is 1. The standard InChI is InChI=1S/C21H17F3N2O3/c22-18-3-1-12-10-25-6-5-16(12)17(18)11-26-13-7-15(8-13)27-14-2-4-19-20(9-14)29-21(23,24)28-19/h1-6,9-10,13,15,26H,7-8,11H2. The first-order chi connectivity index (χ1) is 14.0. The fourth-order valence-electron chi connectivity index (χ4n) is 3.66. The fraction of sp³-hybridized carbons (Fsp3) is 0.286. The van der Waals surface area contributed by atoms with E-state index in [2.05, 4.69) is 19.8 Å². The summed E-state index contributed by atoms with van der Waals surface area (Å²) in [6, 6.07) is 9.55. The van der Waals surface area contributed by atoms with Gasteiger partial charge in [-0.1, -0.05) is 0 Å². The Bertz CT molecular complexity index is 1070. The molecule has 1 fully saturated rings. The highest BCUT2D eigenvalue weighted by Gasteiger charge is 2.43. The van der Waals surface area contributed by atoms with Crippen molar-refractivity contribution < 1.29 is 27.4 Å². The molecule has 1 aromatic heterocycles. The molecule has 1 aliphatic heterocycles. The highest BCUT2D eigenvalue weighted by atomic mass is 19.3. The van der Waals surface area contributed by atoms with Crippen molar-refractivity contribution in [3.8, 4) is 17.2 Å². The van der Waals surface area contributed by atoms with E-state index in [9.17, 15) is 13.2 Å². The normalized spacial score (nSPS) is 21.8. The maximum atomic E-state index is 14.3. The number of alkyl halides is 2. The van der Waals surface area contributed by atoms with Crippen molar-refractivity contribution in [3.63, 3.8) is 0 Å². The first kappa shape index (κ1) is 18.1. The molecule has 5 rings (SSSR count). The van der Waals surface area contributed by atoms with Crippen molar-refractivity contribution in [1.29, 1.82) is 0 Å². The highest BCUT2D eigenvalue weighted by molar-refractivity contribution is 5.84. The number of hydrogen-bond acceptors (Lipinski definition) is 5. The largest absolute Gasteiger partial charge is 0.586 e. The van der Waals surface area contributed by atoms with Gasteiger partial charge in [-0.2, -0.15) is 0 Å². The van der Waals surface area contributed by atoms with Gasteiger partial charge in [-0.3, -0.25) is 4.98 Å². The molecule has 2 aliphatic rings. The molecule has 0 spiro atoms. The van der Waals surface area contributed by atoms with Crippen LogP contribution in [0.15, 0.2) is 48.8 Å². The summed E-state index contributed by atoms with van der Waals surface area (Å²) in [6.07, 6.45) is 1.15. The van der Waals surface area contributed by atoms with Gasteiger partial charge in [-0.25, -0.2) is 4.39 Å². The number of pyridine rings is 1. The average Bonchev–Trinajstić information content (AvgIpc) is 2.97. The van der Waals surface area contributed by atoms with Crippen molar-refractivity contribution >= 4 is 10.8 Å². The molecule has 0 bridgehead atoms. The van der Waals surface area contributed by atoms with Crippen molar-refractivity contribution in [2.75, 3.05) is 0 Å². The first-order valence-electron chi connectivity index (χ1n) is 9.28. The van der Waals surface area contributed by atoms with Crippen LogP contribution < -0.4 is 19.5 Å². The van der Waals surface area contributed by atoms with Crippen molar-refractivity contribution in [1.82, 2.24) is 10.3 Å². The van der Waals surface area contributed by atoms with Crippen LogP contribution in [0.4, 0.5) is 13.2 Å². The minimum Gasteiger partial charge on any atom is -0.490 e. The summed E-state index contributed by atoms with van der Waals surface area (Å²) >= 11 is 0. The second kappa shape index (κ2) is 6.81. The minimum atomic E-state index is -3.64. The van der Waals surface area contributed by atoms with E-state index < -0.39 is 6.29 Å².